The van der Waals surface area contributed by atoms with Crippen LogP contribution in [-0.4, -0.2) is 17.9 Å². The zero-order valence-corrected chi connectivity index (χ0v) is 11.3. The first-order valence-electron chi connectivity index (χ1n) is 6.35. The van der Waals surface area contributed by atoms with E-state index in [1.807, 2.05) is 0 Å². The van der Waals surface area contributed by atoms with Crippen molar-refractivity contribution in [3.8, 4) is 0 Å². The van der Waals surface area contributed by atoms with Crippen molar-refractivity contribution in [1.82, 2.24) is 0 Å². The summed E-state index contributed by atoms with van der Waals surface area (Å²) in [6.07, 6.45) is 7.97. The first kappa shape index (κ1) is 11.1. The van der Waals surface area contributed by atoms with E-state index >= 15 is 0 Å². The lowest BCUT2D eigenvalue weighted by Crippen LogP contribution is -2.52. The fraction of sp³-hybridized carbons (Fsp3) is 0.923. The third-order valence-corrected chi connectivity index (χ3v) is 6.38. The topological polar surface area (TPSA) is 26.3 Å². The van der Waals surface area contributed by atoms with Crippen molar-refractivity contribution < 1.29 is 9.53 Å². The molecular weight excluding hydrogens is 268 g/mol. The molecule has 0 spiro atoms. The average Bonchev–Trinajstić information content (AvgIpc) is 2.25. The number of carbonyl (C=O) groups is 1. The van der Waals surface area contributed by atoms with Gasteiger partial charge >= 0.3 is 5.97 Å². The summed E-state index contributed by atoms with van der Waals surface area (Å²) in [5, 5.41) is 0. The van der Waals surface area contributed by atoms with Crippen LogP contribution in [0.4, 0.5) is 0 Å². The minimum atomic E-state index is -0.0709. The quantitative estimate of drug-likeness (QED) is 0.576. The smallest absolute Gasteiger partial charge is 0.320 e. The molecule has 0 aromatic carbocycles. The molecule has 0 saturated heterocycles. The second-order valence-corrected chi connectivity index (χ2v) is 7.08. The summed E-state index contributed by atoms with van der Waals surface area (Å²) in [6.45, 7) is 0. The SMILES string of the molecule is COC(=O)[C@H](Br)C12CC3CC(CC(C3)C1)C2. The maximum atomic E-state index is 11.8. The van der Waals surface area contributed by atoms with Crippen LogP contribution in [0.25, 0.3) is 0 Å². The molecule has 16 heavy (non-hydrogen) atoms. The highest BCUT2D eigenvalue weighted by atomic mass is 79.9. The Morgan fingerprint density at radius 1 is 1.19 bits per heavy atom. The van der Waals surface area contributed by atoms with Gasteiger partial charge in [-0.05, 0) is 61.7 Å². The number of carbonyl (C=O) groups excluding carboxylic acids is 1. The Morgan fingerprint density at radius 2 is 1.62 bits per heavy atom. The van der Waals surface area contributed by atoms with Gasteiger partial charge < -0.3 is 4.74 Å². The third kappa shape index (κ3) is 1.54. The Balaban J connectivity index is 1.85. The molecule has 0 amide bonds. The minimum Gasteiger partial charge on any atom is -0.468 e. The fourth-order valence-electron chi connectivity index (χ4n) is 4.84. The summed E-state index contributed by atoms with van der Waals surface area (Å²) in [5.74, 6) is 2.59. The molecule has 0 aromatic heterocycles. The van der Waals surface area contributed by atoms with E-state index in [1.54, 1.807) is 0 Å². The van der Waals surface area contributed by atoms with Crippen LogP contribution in [0.1, 0.15) is 38.5 Å². The zero-order valence-electron chi connectivity index (χ0n) is 9.75. The standard InChI is InChI=1S/C13H19BrO2/c1-16-12(15)11(14)13-5-8-2-9(6-13)4-10(3-8)7-13/h8-11H,2-7H2,1H3/t8?,9?,10?,11-,13?/m0/s1. The first-order chi connectivity index (χ1) is 7.63. The van der Waals surface area contributed by atoms with Gasteiger partial charge in [0.2, 0.25) is 0 Å². The molecule has 0 aromatic rings. The predicted molar refractivity (Wildman–Crippen MR) is 65.3 cm³/mol. The third-order valence-electron chi connectivity index (χ3n) is 5.03. The number of hydrogen-bond donors (Lipinski definition) is 0. The second kappa shape index (κ2) is 3.72. The van der Waals surface area contributed by atoms with Gasteiger partial charge in [0.15, 0.2) is 0 Å². The van der Waals surface area contributed by atoms with Crippen LogP contribution < -0.4 is 0 Å². The maximum absolute atomic E-state index is 11.8. The Kier molecular flexibility index (Phi) is 2.58. The first-order valence-corrected chi connectivity index (χ1v) is 7.26. The van der Waals surface area contributed by atoms with Crippen molar-refractivity contribution in [2.24, 2.45) is 23.2 Å². The van der Waals surface area contributed by atoms with E-state index in [0.29, 0.717) is 0 Å². The summed E-state index contributed by atoms with van der Waals surface area (Å²) in [4.78, 5) is 11.7. The lowest BCUT2D eigenvalue weighted by molar-refractivity contribution is -0.147. The molecule has 1 atom stereocenters. The zero-order chi connectivity index (χ0) is 11.3. The van der Waals surface area contributed by atoms with Gasteiger partial charge in [0, 0.05) is 0 Å². The number of hydrogen-bond acceptors (Lipinski definition) is 2. The van der Waals surface area contributed by atoms with Crippen molar-refractivity contribution in [3.05, 3.63) is 0 Å². The van der Waals surface area contributed by atoms with Crippen molar-refractivity contribution >= 4 is 21.9 Å². The van der Waals surface area contributed by atoms with Crippen molar-refractivity contribution in [2.45, 2.75) is 43.4 Å². The van der Waals surface area contributed by atoms with Crippen molar-refractivity contribution in [2.75, 3.05) is 7.11 Å². The summed E-state index contributed by atoms with van der Waals surface area (Å²) >= 11 is 3.62. The van der Waals surface area contributed by atoms with Crippen molar-refractivity contribution in [3.63, 3.8) is 0 Å². The number of alkyl halides is 1. The van der Waals surface area contributed by atoms with Gasteiger partial charge in [-0.2, -0.15) is 0 Å². The van der Waals surface area contributed by atoms with E-state index in [4.69, 9.17) is 4.74 Å². The number of rotatable bonds is 2. The highest BCUT2D eigenvalue weighted by molar-refractivity contribution is 9.10. The van der Waals surface area contributed by atoms with E-state index in [9.17, 15) is 4.79 Å². The van der Waals surface area contributed by atoms with E-state index in [0.717, 1.165) is 17.8 Å². The van der Waals surface area contributed by atoms with Gasteiger partial charge in [-0.25, -0.2) is 0 Å². The van der Waals surface area contributed by atoms with E-state index < -0.39 is 0 Å². The summed E-state index contributed by atoms with van der Waals surface area (Å²) < 4.78 is 4.92. The molecular formula is C13H19BrO2. The molecule has 90 valence electrons. The molecule has 4 rings (SSSR count). The molecule has 4 bridgehead atoms. The lowest BCUT2D eigenvalue weighted by atomic mass is 9.49. The summed E-state index contributed by atoms with van der Waals surface area (Å²) in [6, 6.07) is 0. The van der Waals surface area contributed by atoms with Crippen LogP contribution in [0, 0.1) is 23.2 Å². The Bertz CT molecular complexity index is 278. The Morgan fingerprint density at radius 3 is 2.00 bits per heavy atom. The normalized spacial score (nSPS) is 46.8. The lowest BCUT2D eigenvalue weighted by Gasteiger charge is -2.57. The highest BCUT2D eigenvalue weighted by Gasteiger charge is 2.55. The van der Waals surface area contributed by atoms with Crippen LogP contribution in [-0.2, 0) is 9.53 Å². The van der Waals surface area contributed by atoms with E-state index in [2.05, 4.69) is 15.9 Å². The van der Waals surface area contributed by atoms with Crippen LogP contribution in [0.2, 0.25) is 0 Å². The monoisotopic (exact) mass is 286 g/mol. The molecule has 2 nitrogen and oxygen atoms in total. The van der Waals surface area contributed by atoms with E-state index in [-0.39, 0.29) is 16.2 Å². The molecule has 4 saturated carbocycles. The summed E-state index contributed by atoms with van der Waals surface area (Å²) in [5.41, 5.74) is 0.224. The van der Waals surface area contributed by atoms with Crippen LogP contribution in [0.5, 0.6) is 0 Å². The Hall–Kier alpha value is -0.0500. The van der Waals surface area contributed by atoms with E-state index in [1.165, 1.54) is 45.6 Å². The van der Waals surface area contributed by atoms with Crippen molar-refractivity contribution in [1.29, 1.82) is 0 Å². The number of methoxy groups -OCH3 is 1. The largest absolute Gasteiger partial charge is 0.468 e. The Labute approximate surface area is 105 Å². The molecule has 0 aliphatic heterocycles. The number of ether oxygens (including phenoxy) is 1. The molecule has 4 aliphatic carbocycles. The van der Waals surface area contributed by atoms with Gasteiger partial charge in [0.25, 0.3) is 0 Å². The molecule has 4 fully saturated rings. The molecule has 0 unspecified atom stereocenters. The molecule has 3 heteroatoms. The van der Waals surface area contributed by atoms with Gasteiger partial charge in [0.1, 0.15) is 4.83 Å². The maximum Gasteiger partial charge on any atom is 0.320 e. The molecule has 4 aliphatic rings. The van der Waals surface area contributed by atoms with Gasteiger partial charge in [0.05, 0.1) is 7.11 Å². The molecule has 0 radical (unpaired) electrons. The van der Waals surface area contributed by atoms with Gasteiger partial charge in [-0.1, -0.05) is 15.9 Å². The average molecular weight is 287 g/mol. The summed E-state index contributed by atoms with van der Waals surface area (Å²) in [7, 11) is 1.50. The van der Waals surface area contributed by atoms with Crippen LogP contribution in [0.3, 0.4) is 0 Å². The highest BCUT2D eigenvalue weighted by Crippen LogP contribution is 2.62. The number of esters is 1. The van der Waals surface area contributed by atoms with Gasteiger partial charge in [-0.15, -0.1) is 0 Å². The molecule has 0 heterocycles. The van der Waals surface area contributed by atoms with Crippen LogP contribution in [0.15, 0.2) is 0 Å². The van der Waals surface area contributed by atoms with Gasteiger partial charge in [-0.3, -0.25) is 4.79 Å². The van der Waals surface area contributed by atoms with Crippen LogP contribution >= 0.6 is 15.9 Å². The molecule has 0 N–H and O–H groups in total. The minimum absolute atomic E-state index is 0.0676. The fourth-order valence-corrected chi connectivity index (χ4v) is 5.59. The second-order valence-electron chi connectivity index (χ2n) is 6.17. The number of halogens is 1. The predicted octanol–water partition coefficient (Wildman–Crippen LogP) is 3.14.